The van der Waals surface area contributed by atoms with Crippen molar-refractivity contribution in [3.8, 4) is 12.3 Å². The van der Waals surface area contributed by atoms with E-state index in [4.69, 9.17) is 11.5 Å². The molecule has 0 bridgehead atoms. The maximum absolute atomic E-state index is 11.8. The molecule has 0 heterocycles. The summed E-state index contributed by atoms with van der Waals surface area (Å²) >= 11 is 0. The van der Waals surface area contributed by atoms with Gasteiger partial charge >= 0.3 is 5.97 Å². The molecule has 1 saturated carbocycles. The molecule has 1 atom stereocenters. The maximum atomic E-state index is 11.8. The number of terminal acetylenes is 1. The van der Waals surface area contributed by atoms with Crippen LogP contribution in [-0.2, 0) is 9.59 Å². The SMILES string of the molecule is C#CCC(NC(=O)CC1CCCCCC1)C(=O)O. The van der Waals surface area contributed by atoms with Gasteiger partial charge in [-0.05, 0) is 18.8 Å². The maximum Gasteiger partial charge on any atom is 0.327 e. The van der Waals surface area contributed by atoms with E-state index < -0.39 is 12.0 Å². The number of carbonyl (C=O) groups excluding carboxylic acids is 1. The van der Waals surface area contributed by atoms with E-state index in [-0.39, 0.29) is 12.3 Å². The molecule has 18 heavy (non-hydrogen) atoms. The van der Waals surface area contributed by atoms with Gasteiger partial charge in [0.05, 0.1) is 0 Å². The third kappa shape index (κ3) is 5.22. The van der Waals surface area contributed by atoms with Crippen LogP contribution < -0.4 is 5.32 Å². The molecule has 0 radical (unpaired) electrons. The third-order valence-corrected chi connectivity index (χ3v) is 3.40. The Morgan fingerprint density at radius 1 is 1.28 bits per heavy atom. The molecule has 4 nitrogen and oxygen atoms in total. The Labute approximate surface area is 108 Å². The van der Waals surface area contributed by atoms with Crippen LogP contribution in [0.4, 0.5) is 0 Å². The molecule has 100 valence electrons. The van der Waals surface area contributed by atoms with Crippen molar-refractivity contribution in [3.63, 3.8) is 0 Å². The number of rotatable bonds is 5. The fraction of sp³-hybridized carbons (Fsp3) is 0.714. The van der Waals surface area contributed by atoms with Crippen LogP contribution in [0, 0.1) is 18.3 Å². The summed E-state index contributed by atoms with van der Waals surface area (Å²) in [5.74, 6) is 1.41. The minimum atomic E-state index is -1.07. The number of aliphatic carboxylic acids is 1. The molecule has 4 heteroatoms. The van der Waals surface area contributed by atoms with E-state index >= 15 is 0 Å². The Morgan fingerprint density at radius 3 is 2.39 bits per heavy atom. The monoisotopic (exact) mass is 251 g/mol. The number of hydrogen-bond donors (Lipinski definition) is 2. The molecule has 1 unspecified atom stereocenters. The third-order valence-electron chi connectivity index (χ3n) is 3.40. The fourth-order valence-electron chi connectivity index (χ4n) is 2.40. The lowest BCUT2D eigenvalue weighted by Gasteiger charge is -2.16. The summed E-state index contributed by atoms with van der Waals surface area (Å²) < 4.78 is 0. The van der Waals surface area contributed by atoms with Gasteiger partial charge in [0.2, 0.25) is 5.91 Å². The summed E-state index contributed by atoms with van der Waals surface area (Å²) in [4.78, 5) is 22.6. The zero-order chi connectivity index (χ0) is 13.4. The second kappa shape index (κ2) is 7.75. The average Bonchev–Trinajstić information content (AvgIpc) is 2.57. The Hall–Kier alpha value is -1.50. The number of hydrogen-bond acceptors (Lipinski definition) is 2. The zero-order valence-electron chi connectivity index (χ0n) is 10.7. The highest BCUT2D eigenvalue weighted by atomic mass is 16.4. The van der Waals surface area contributed by atoms with Gasteiger partial charge < -0.3 is 10.4 Å². The summed E-state index contributed by atoms with van der Waals surface area (Å²) in [6.07, 6.45) is 12.5. The molecule has 0 saturated heterocycles. The molecule has 0 spiro atoms. The van der Waals surface area contributed by atoms with Crippen LogP contribution in [0.3, 0.4) is 0 Å². The van der Waals surface area contributed by atoms with Gasteiger partial charge in [0.25, 0.3) is 0 Å². The lowest BCUT2D eigenvalue weighted by atomic mass is 9.96. The average molecular weight is 251 g/mol. The van der Waals surface area contributed by atoms with E-state index in [1.807, 2.05) is 0 Å². The molecule has 1 aliphatic rings. The minimum Gasteiger partial charge on any atom is -0.480 e. The lowest BCUT2D eigenvalue weighted by molar-refractivity contribution is -0.141. The fourth-order valence-corrected chi connectivity index (χ4v) is 2.40. The molecular weight excluding hydrogens is 230 g/mol. The second-order valence-corrected chi connectivity index (χ2v) is 4.93. The van der Waals surface area contributed by atoms with Gasteiger partial charge in [-0.2, -0.15) is 0 Å². The first-order chi connectivity index (χ1) is 8.63. The second-order valence-electron chi connectivity index (χ2n) is 4.93. The van der Waals surface area contributed by atoms with Crippen molar-refractivity contribution in [2.75, 3.05) is 0 Å². The van der Waals surface area contributed by atoms with Crippen molar-refractivity contribution in [3.05, 3.63) is 0 Å². The number of amides is 1. The summed E-state index contributed by atoms with van der Waals surface area (Å²) in [5, 5.41) is 11.4. The van der Waals surface area contributed by atoms with Crippen molar-refractivity contribution in [1.29, 1.82) is 0 Å². The molecular formula is C14H21NO3. The van der Waals surface area contributed by atoms with E-state index in [1.165, 1.54) is 25.7 Å². The molecule has 1 amide bonds. The van der Waals surface area contributed by atoms with Gasteiger partial charge in [-0.25, -0.2) is 4.79 Å². The highest BCUT2D eigenvalue weighted by molar-refractivity contribution is 5.83. The van der Waals surface area contributed by atoms with E-state index in [1.54, 1.807) is 0 Å². The van der Waals surface area contributed by atoms with E-state index in [9.17, 15) is 9.59 Å². The largest absolute Gasteiger partial charge is 0.480 e. The lowest BCUT2D eigenvalue weighted by Crippen LogP contribution is -2.41. The molecule has 0 aromatic carbocycles. The predicted octanol–water partition coefficient (Wildman–Crippen LogP) is 1.94. The van der Waals surface area contributed by atoms with Crippen LogP contribution in [0.5, 0.6) is 0 Å². The highest BCUT2D eigenvalue weighted by Gasteiger charge is 2.21. The van der Waals surface area contributed by atoms with Gasteiger partial charge in [0.15, 0.2) is 0 Å². The predicted molar refractivity (Wildman–Crippen MR) is 68.8 cm³/mol. The van der Waals surface area contributed by atoms with Crippen molar-refractivity contribution < 1.29 is 14.7 Å². The molecule has 1 aliphatic carbocycles. The van der Waals surface area contributed by atoms with E-state index in [0.29, 0.717) is 12.3 Å². The number of carboxylic acids is 1. The number of nitrogens with one attached hydrogen (secondary N) is 1. The normalized spacial score (nSPS) is 18.4. The standard InChI is InChI=1S/C14H21NO3/c1-2-7-12(14(17)18)15-13(16)10-11-8-5-3-4-6-9-11/h1,11-12H,3-10H2,(H,15,16)(H,17,18). The van der Waals surface area contributed by atoms with E-state index in [0.717, 1.165) is 12.8 Å². The summed E-state index contributed by atoms with van der Waals surface area (Å²) in [6, 6.07) is -0.951. The first-order valence-electron chi connectivity index (χ1n) is 6.59. The van der Waals surface area contributed by atoms with Crippen molar-refractivity contribution >= 4 is 11.9 Å². The number of carbonyl (C=O) groups is 2. The van der Waals surface area contributed by atoms with Crippen LogP contribution in [0.25, 0.3) is 0 Å². The summed E-state index contributed by atoms with van der Waals surface area (Å²) in [7, 11) is 0. The molecule has 1 rings (SSSR count). The van der Waals surface area contributed by atoms with Gasteiger partial charge in [0.1, 0.15) is 6.04 Å². The van der Waals surface area contributed by atoms with Gasteiger partial charge in [-0.1, -0.05) is 25.7 Å². The van der Waals surface area contributed by atoms with Crippen molar-refractivity contribution in [2.45, 2.75) is 57.4 Å². The van der Waals surface area contributed by atoms with Crippen LogP contribution in [0.15, 0.2) is 0 Å². The Bertz CT molecular complexity index is 324. The molecule has 0 aromatic heterocycles. The molecule has 0 aromatic rings. The first-order valence-corrected chi connectivity index (χ1v) is 6.59. The Kier molecular flexibility index (Phi) is 6.27. The van der Waals surface area contributed by atoms with Crippen LogP contribution in [0.1, 0.15) is 51.4 Å². The quantitative estimate of drug-likeness (QED) is 0.579. The smallest absolute Gasteiger partial charge is 0.327 e. The van der Waals surface area contributed by atoms with Crippen molar-refractivity contribution in [1.82, 2.24) is 5.32 Å². The highest BCUT2D eigenvalue weighted by Crippen LogP contribution is 2.25. The van der Waals surface area contributed by atoms with Gasteiger partial charge in [-0.15, -0.1) is 12.3 Å². The first kappa shape index (κ1) is 14.6. The molecule has 1 fully saturated rings. The zero-order valence-corrected chi connectivity index (χ0v) is 10.7. The molecule has 2 N–H and O–H groups in total. The van der Waals surface area contributed by atoms with Gasteiger partial charge in [0, 0.05) is 12.8 Å². The van der Waals surface area contributed by atoms with E-state index in [2.05, 4.69) is 11.2 Å². The summed E-state index contributed by atoms with van der Waals surface area (Å²) in [6.45, 7) is 0. The minimum absolute atomic E-state index is 0.0335. The Morgan fingerprint density at radius 2 is 1.89 bits per heavy atom. The topological polar surface area (TPSA) is 66.4 Å². The Balaban J connectivity index is 2.39. The summed E-state index contributed by atoms with van der Waals surface area (Å²) in [5.41, 5.74) is 0. The number of carboxylic acid groups (broad SMARTS) is 1. The van der Waals surface area contributed by atoms with Crippen molar-refractivity contribution in [2.24, 2.45) is 5.92 Å². The van der Waals surface area contributed by atoms with Gasteiger partial charge in [-0.3, -0.25) is 4.79 Å². The van der Waals surface area contributed by atoms with Crippen LogP contribution in [0.2, 0.25) is 0 Å². The van der Waals surface area contributed by atoms with Crippen LogP contribution >= 0.6 is 0 Å². The molecule has 0 aliphatic heterocycles. The van der Waals surface area contributed by atoms with Crippen LogP contribution in [-0.4, -0.2) is 23.0 Å².